The van der Waals surface area contributed by atoms with Gasteiger partial charge in [-0.3, -0.25) is 29.0 Å². The van der Waals surface area contributed by atoms with Gasteiger partial charge in [0.25, 0.3) is 23.6 Å². The number of pyridine rings is 2. The number of fused-ring (bicyclic) bond motifs is 4. The van der Waals surface area contributed by atoms with Crippen LogP contribution >= 0.6 is 15.9 Å². The summed E-state index contributed by atoms with van der Waals surface area (Å²) in [5.41, 5.74) is 5.04. The minimum Gasteiger partial charge on any atom is -0.423 e. The van der Waals surface area contributed by atoms with E-state index < -0.39 is 18.8 Å². The zero-order valence-electron chi connectivity index (χ0n) is 32.5. The normalized spacial score (nSPS) is 12.8. The Hall–Kier alpha value is -7.26. The van der Waals surface area contributed by atoms with Crippen molar-refractivity contribution >= 4 is 73.9 Å². The van der Waals surface area contributed by atoms with Crippen LogP contribution in [0.2, 0.25) is 0 Å². The van der Waals surface area contributed by atoms with Crippen molar-refractivity contribution < 1.29 is 38.0 Å². The van der Waals surface area contributed by atoms with Gasteiger partial charge in [0.2, 0.25) is 0 Å². The largest absolute Gasteiger partial charge is 0.488 e. The Morgan fingerprint density at radius 1 is 0.484 bits per heavy atom. The number of hydrogen-bond donors (Lipinski definition) is 2. The van der Waals surface area contributed by atoms with Gasteiger partial charge in [0, 0.05) is 20.8 Å². The summed E-state index contributed by atoms with van der Waals surface area (Å²) in [5.74, 6) is -2.33. The number of carbonyl (C=O) groups is 4. The van der Waals surface area contributed by atoms with Crippen molar-refractivity contribution in [3.63, 3.8) is 0 Å². The Morgan fingerprint density at radius 3 is 1.34 bits per heavy atom. The Kier molecular flexibility index (Phi) is 11.9. The van der Waals surface area contributed by atoms with E-state index in [1.54, 1.807) is 103 Å². The second kappa shape index (κ2) is 17.8. The summed E-state index contributed by atoms with van der Waals surface area (Å²) in [6.45, 7) is -0.0436. The van der Waals surface area contributed by atoms with E-state index in [4.69, 9.17) is 10.0 Å². The SMILES string of the molecule is O=C1c2ccccc2C(=O)N1Cc1nc2c(F)cccc2cc1-c1ccccc1.O=C1c2ccccc2C(=O)N1Cc1nc2c(F)cccc2cc1Br.OB(O)c1ccccc1. The van der Waals surface area contributed by atoms with Crippen LogP contribution in [0.1, 0.15) is 52.8 Å². The maximum Gasteiger partial charge on any atom is 0.488 e. The molecule has 0 saturated heterocycles. The van der Waals surface area contributed by atoms with Crippen molar-refractivity contribution in [3.05, 3.63) is 207 Å². The van der Waals surface area contributed by atoms with Crippen molar-refractivity contribution in [2.24, 2.45) is 0 Å². The fourth-order valence-corrected chi connectivity index (χ4v) is 7.62. The molecule has 0 radical (unpaired) electrons. The second-order valence-corrected chi connectivity index (χ2v) is 15.0. The molecule has 4 amide bonds. The molecule has 0 fully saturated rings. The lowest BCUT2D eigenvalue weighted by Gasteiger charge is -2.17. The maximum atomic E-state index is 14.4. The van der Waals surface area contributed by atoms with E-state index in [2.05, 4.69) is 25.9 Å². The lowest BCUT2D eigenvalue weighted by Crippen LogP contribution is -2.29. The van der Waals surface area contributed by atoms with Gasteiger partial charge >= 0.3 is 7.12 Å². The zero-order chi connectivity index (χ0) is 43.5. The standard InChI is InChI=1S/C24H15FN2O2.C18H10BrFN2O2.C6H7BO2/c25-20-12-6-9-16-13-19(15-7-2-1-3-8-15)21(26-22(16)20)14-27-23(28)17-10-4-5-11-18(17)24(27)29;19-13-8-10-4-3-7-14(20)16(10)21-15(13)9-22-17(23)11-5-1-2-6-12(11)18(22)24;8-7(9)6-4-2-1-3-5-6/h1-13H,14H2;1-8H,9H2;1-5,8-9H. The maximum absolute atomic E-state index is 14.4. The Balaban J connectivity index is 0.000000144. The molecule has 0 unspecified atom stereocenters. The highest BCUT2D eigenvalue weighted by Gasteiger charge is 2.37. The van der Waals surface area contributed by atoms with Crippen LogP contribution in [-0.4, -0.2) is 60.6 Å². The average Bonchev–Trinajstić information content (AvgIpc) is 3.68. The van der Waals surface area contributed by atoms with Gasteiger partial charge in [0.15, 0.2) is 0 Å². The van der Waals surface area contributed by atoms with Crippen molar-refractivity contribution in [2.45, 2.75) is 13.1 Å². The van der Waals surface area contributed by atoms with E-state index in [-0.39, 0.29) is 47.8 Å². The van der Waals surface area contributed by atoms with Gasteiger partial charge < -0.3 is 10.0 Å². The molecule has 14 heteroatoms. The number of aromatic nitrogens is 2. The summed E-state index contributed by atoms with van der Waals surface area (Å²) in [4.78, 5) is 61.6. The monoisotopic (exact) mass is 888 g/mol. The number of carbonyl (C=O) groups excluding carboxylic acids is 4. The van der Waals surface area contributed by atoms with Gasteiger partial charge in [-0.25, -0.2) is 18.7 Å². The molecule has 0 spiro atoms. The summed E-state index contributed by atoms with van der Waals surface area (Å²) >= 11 is 3.39. The van der Waals surface area contributed by atoms with Crippen LogP contribution in [0.3, 0.4) is 0 Å². The summed E-state index contributed by atoms with van der Waals surface area (Å²) in [5, 5.41) is 18.5. The van der Waals surface area contributed by atoms with Gasteiger partial charge in [-0.05, 0) is 75.5 Å². The minimum atomic E-state index is -1.34. The molecule has 2 aliphatic rings. The van der Waals surface area contributed by atoms with Gasteiger partial charge in [-0.15, -0.1) is 0 Å². The Morgan fingerprint density at radius 2 is 0.887 bits per heavy atom. The summed E-state index contributed by atoms with van der Waals surface area (Å²) in [7, 11) is -1.34. The quantitative estimate of drug-likeness (QED) is 0.126. The van der Waals surface area contributed by atoms with E-state index in [9.17, 15) is 28.0 Å². The molecule has 62 heavy (non-hydrogen) atoms. The number of hydrogen-bond acceptors (Lipinski definition) is 8. The fourth-order valence-electron chi connectivity index (χ4n) is 7.16. The highest BCUT2D eigenvalue weighted by atomic mass is 79.9. The van der Waals surface area contributed by atoms with Gasteiger partial charge in [-0.2, -0.15) is 0 Å². The van der Waals surface area contributed by atoms with Crippen LogP contribution in [0.15, 0.2) is 162 Å². The van der Waals surface area contributed by atoms with Crippen LogP contribution in [-0.2, 0) is 13.1 Å². The number of para-hydroxylation sites is 2. The molecule has 2 N–H and O–H groups in total. The molecule has 6 aromatic carbocycles. The summed E-state index contributed by atoms with van der Waals surface area (Å²) in [6.07, 6.45) is 0. The smallest absolute Gasteiger partial charge is 0.423 e. The van der Waals surface area contributed by atoms with E-state index in [1.165, 1.54) is 17.0 Å². The van der Waals surface area contributed by atoms with E-state index in [0.29, 0.717) is 54.3 Å². The number of benzene rings is 6. The summed E-state index contributed by atoms with van der Waals surface area (Å²) in [6, 6.07) is 44.7. The van der Waals surface area contributed by atoms with Gasteiger partial charge in [0.1, 0.15) is 22.7 Å². The molecule has 0 bridgehead atoms. The lowest BCUT2D eigenvalue weighted by molar-refractivity contribution is 0.0625. The molecule has 10 nitrogen and oxygen atoms in total. The average molecular weight is 890 g/mol. The van der Waals surface area contributed by atoms with Crippen LogP contribution < -0.4 is 5.46 Å². The predicted octanol–water partition coefficient (Wildman–Crippen LogP) is 8.14. The molecule has 0 atom stereocenters. The van der Waals surface area contributed by atoms with E-state index >= 15 is 0 Å². The Labute approximate surface area is 362 Å². The third-order valence-electron chi connectivity index (χ3n) is 10.3. The Bertz CT molecular complexity index is 2980. The summed E-state index contributed by atoms with van der Waals surface area (Å²) < 4.78 is 28.9. The molecular formula is C48H32BBrF2N4O6. The first-order valence-electron chi connectivity index (χ1n) is 19.2. The van der Waals surface area contributed by atoms with Crippen LogP contribution in [0, 0.1) is 11.6 Å². The number of rotatable bonds is 6. The molecular weight excluding hydrogens is 857 g/mol. The first-order valence-corrected chi connectivity index (χ1v) is 20.0. The van der Waals surface area contributed by atoms with Crippen molar-refractivity contribution in [1.29, 1.82) is 0 Å². The van der Waals surface area contributed by atoms with Gasteiger partial charge in [0.05, 0.1) is 46.7 Å². The van der Waals surface area contributed by atoms with Crippen molar-refractivity contribution in [2.75, 3.05) is 0 Å². The number of nitrogens with zero attached hydrogens (tertiary/aromatic N) is 4. The number of imide groups is 2. The van der Waals surface area contributed by atoms with E-state index in [0.717, 1.165) is 16.0 Å². The highest BCUT2D eigenvalue weighted by Crippen LogP contribution is 2.32. The topological polar surface area (TPSA) is 141 Å². The van der Waals surface area contributed by atoms with Crippen molar-refractivity contribution in [1.82, 2.24) is 19.8 Å². The zero-order valence-corrected chi connectivity index (χ0v) is 34.0. The van der Waals surface area contributed by atoms with E-state index in [1.807, 2.05) is 42.5 Å². The number of halogens is 3. The molecule has 4 heterocycles. The number of amides is 4. The predicted molar refractivity (Wildman–Crippen MR) is 234 cm³/mol. The van der Waals surface area contributed by atoms with Crippen LogP contribution in [0.5, 0.6) is 0 Å². The third-order valence-corrected chi connectivity index (χ3v) is 10.9. The molecule has 8 aromatic rings. The van der Waals surface area contributed by atoms with Crippen LogP contribution in [0.25, 0.3) is 32.9 Å². The van der Waals surface area contributed by atoms with Gasteiger partial charge in [-0.1, -0.05) is 109 Å². The lowest BCUT2D eigenvalue weighted by atomic mass is 9.81. The molecule has 2 aromatic heterocycles. The van der Waals surface area contributed by atoms with Crippen LogP contribution in [0.4, 0.5) is 8.78 Å². The molecule has 0 saturated carbocycles. The molecule has 10 rings (SSSR count). The second-order valence-electron chi connectivity index (χ2n) is 14.2. The first kappa shape index (κ1) is 41.5. The molecule has 0 aliphatic carbocycles. The van der Waals surface area contributed by atoms with Crippen molar-refractivity contribution in [3.8, 4) is 11.1 Å². The molecule has 2 aliphatic heterocycles. The third kappa shape index (κ3) is 8.26. The minimum absolute atomic E-state index is 0.0167. The highest BCUT2D eigenvalue weighted by molar-refractivity contribution is 9.10. The fraction of sp³-hybridized carbons (Fsp3) is 0.0417. The molecule has 304 valence electrons. The first-order chi connectivity index (χ1) is 30.0.